The zero-order chi connectivity index (χ0) is 23.0. The average molecular weight is 442 g/mol. The molecule has 0 saturated carbocycles. The Balaban J connectivity index is 4.17. The van der Waals surface area contributed by atoms with Crippen LogP contribution in [0.25, 0.3) is 0 Å². The van der Waals surface area contributed by atoms with Crippen molar-refractivity contribution in [3.8, 4) is 0 Å². The minimum absolute atomic E-state index is 0.243. The Kier molecular flexibility index (Phi) is 24.4. The monoisotopic (exact) mass is 441 g/mol. The van der Waals surface area contributed by atoms with Gasteiger partial charge in [0.25, 0.3) is 0 Å². The van der Waals surface area contributed by atoms with Gasteiger partial charge in [0, 0.05) is 13.1 Å². The first-order valence-corrected chi connectivity index (χ1v) is 14.2. The molecule has 0 amide bonds. The molecule has 2 N–H and O–H groups in total. The topological polar surface area (TPSA) is 43.7 Å². The molecule has 0 aromatic heterocycles. The van der Waals surface area contributed by atoms with Crippen LogP contribution in [0.1, 0.15) is 149 Å². The molecule has 0 bridgehead atoms. The fourth-order valence-electron chi connectivity index (χ4n) is 4.47. The summed E-state index contributed by atoms with van der Waals surface area (Å²) in [6.45, 7) is 9.26. The highest BCUT2D eigenvalue weighted by Crippen LogP contribution is 2.13. The summed E-state index contributed by atoms with van der Waals surface area (Å²) in [5.41, 5.74) is 0. The fourth-order valence-corrected chi connectivity index (χ4v) is 4.47. The SMILES string of the molecule is CCCCCCCCC(O)CN(CCCCCCCC)CC(O)CCCCCCCC. The van der Waals surface area contributed by atoms with Crippen LogP contribution in [0.3, 0.4) is 0 Å². The van der Waals surface area contributed by atoms with E-state index in [1.165, 1.54) is 103 Å². The highest BCUT2D eigenvalue weighted by Gasteiger charge is 2.15. The predicted octanol–water partition coefficient (Wildman–Crippen LogP) is 7.87. The average Bonchev–Trinajstić information content (AvgIpc) is 2.75. The molecule has 31 heavy (non-hydrogen) atoms. The maximum Gasteiger partial charge on any atom is 0.0667 e. The van der Waals surface area contributed by atoms with E-state index in [0.717, 1.165) is 45.3 Å². The van der Waals surface area contributed by atoms with Crippen LogP contribution in [0.5, 0.6) is 0 Å². The van der Waals surface area contributed by atoms with Gasteiger partial charge in [0.2, 0.25) is 0 Å². The van der Waals surface area contributed by atoms with Crippen LogP contribution in [0.4, 0.5) is 0 Å². The summed E-state index contributed by atoms with van der Waals surface area (Å²) in [5, 5.41) is 21.2. The normalized spacial score (nSPS) is 13.7. The van der Waals surface area contributed by atoms with Crippen molar-refractivity contribution in [1.29, 1.82) is 0 Å². The van der Waals surface area contributed by atoms with Gasteiger partial charge in [-0.05, 0) is 25.8 Å². The van der Waals surface area contributed by atoms with Gasteiger partial charge in [-0.2, -0.15) is 0 Å². The third-order valence-corrected chi connectivity index (χ3v) is 6.55. The van der Waals surface area contributed by atoms with E-state index in [1.54, 1.807) is 0 Å². The van der Waals surface area contributed by atoms with E-state index in [-0.39, 0.29) is 12.2 Å². The second-order valence-electron chi connectivity index (χ2n) is 9.95. The van der Waals surface area contributed by atoms with Gasteiger partial charge in [-0.3, -0.25) is 4.90 Å². The van der Waals surface area contributed by atoms with Crippen LogP contribution in [0.2, 0.25) is 0 Å². The van der Waals surface area contributed by atoms with Crippen molar-refractivity contribution in [3.63, 3.8) is 0 Å². The fraction of sp³-hybridized carbons (Fsp3) is 1.00. The van der Waals surface area contributed by atoms with Crippen LogP contribution in [-0.4, -0.2) is 47.0 Å². The lowest BCUT2D eigenvalue weighted by Crippen LogP contribution is -2.38. The molecule has 2 unspecified atom stereocenters. The lowest BCUT2D eigenvalue weighted by atomic mass is 10.0. The van der Waals surface area contributed by atoms with E-state index >= 15 is 0 Å². The van der Waals surface area contributed by atoms with Gasteiger partial charge < -0.3 is 10.2 Å². The van der Waals surface area contributed by atoms with Crippen LogP contribution in [0, 0.1) is 0 Å². The molecule has 0 fully saturated rings. The van der Waals surface area contributed by atoms with Gasteiger partial charge in [0.05, 0.1) is 12.2 Å². The van der Waals surface area contributed by atoms with Gasteiger partial charge in [-0.25, -0.2) is 0 Å². The highest BCUT2D eigenvalue weighted by molar-refractivity contribution is 4.70. The second kappa shape index (κ2) is 24.5. The standard InChI is InChI=1S/C28H59NO2/c1-4-7-10-13-16-19-22-27(30)25-29(24-21-18-15-12-9-6-3)26-28(31)23-20-17-14-11-8-5-2/h27-28,30-31H,4-26H2,1-3H3. The first-order chi connectivity index (χ1) is 15.1. The molecule has 0 radical (unpaired) electrons. The molecule has 0 saturated heterocycles. The van der Waals surface area contributed by atoms with Gasteiger partial charge in [-0.15, -0.1) is 0 Å². The van der Waals surface area contributed by atoms with Gasteiger partial charge in [0.15, 0.2) is 0 Å². The molecule has 0 aromatic rings. The first kappa shape index (κ1) is 30.9. The third-order valence-electron chi connectivity index (χ3n) is 6.55. The molecule has 188 valence electrons. The number of aliphatic hydroxyl groups excluding tert-OH is 2. The predicted molar refractivity (Wildman–Crippen MR) is 138 cm³/mol. The van der Waals surface area contributed by atoms with Crippen molar-refractivity contribution in [3.05, 3.63) is 0 Å². The van der Waals surface area contributed by atoms with Crippen molar-refractivity contribution >= 4 is 0 Å². The van der Waals surface area contributed by atoms with Crippen molar-refractivity contribution in [1.82, 2.24) is 4.90 Å². The van der Waals surface area contributed by atoms with Crippen molar-refractivity contribution < 1.29 is 10.2 Å². The summed E-state index contributed by atoms with van der Waals surface area (Å²) in [6, 6.07) is 0. The Morgan fingerprint density at radius 2 is 0.774 bits per heavy atom. The summed E-state index contributed by atoms with van der Waals surface area (Å²) in [7, 11) is 0. The van der Waals surface area contributed by atoms with Crippen molar-refractivity contribution in [2.24, 2.45) is 0 Å². The molecule has 0 aliphatic rings. The van der Waals surface area contributed by atoms with E-state index in [0.29, 0.717) is 0 Å². The molecule has 0 spiro atoms. The van der Waals surface area contributed by atoms with Gasteiger partial charge in [-0.1, -0.05) is 130 Å². The van der Waals surface area contributed by atoms with Gasteiger partial charge >= 0.3 is 0 Å². The lowest BCUT2D eigenvalue weighted by molar-refractivity contribution is 0.0596. The zero-order valence-electron chi connectivity index (χ0n) is 21.8. The van der Waals surface area contributed by atoms with E-state index in [2.05, 4.69) is 25.7 Å². The zero-order valence-corrected chi connectivity index (χ0v) is 21.8. The molecule has 3 heteroatoms. The van der Waals surface area contributed by atoms with Gasteiger partial charge in [0.1, 0.15) is 0 Å². The third kappa shape index (κ3) is 22.9. The smallest absolute Gasteiger partial charge is 0.0667 e. The van der Waals surface area contributed by atoms with E-state index in [9.17, 15) is 10.2 Å². The Bertz CT molecular complexity index is 313. The number of hydrogen-bond acceptors (Lipinski definition) is 3. The summed E-state index contributed by atoms with van der Waals surface area (Å²) in [6.07, 6.45) is 24.4. The summed E-state index contributed by atoms with van der Waals surface area (Å²) < 4.78 is 0. The maximum absolute atomic E-state index is 10.6. The van der Waals surface area contributed by atoms with Crippen LogP contribution in [-0.2, 0) is 0 Å². The number of aliphatic hydroxyl groups is 2. The summed E-state index contributed by atoms with van der Waals surface area (Å²) >= 11 is 0. The molecule has 0 heterocycles. The minimum atomic E-state index is -0.243. The first-order valence-electron chi connectivity index (χ1n) is 14.2. The van der Waals surface area contributed by atoms with Crippen molar-refractivity contribution in [2.45, 2.75) is 161 Å². The molecule has 0 aliphatic carbocycles. The largest absolute Gasteiger partial charge is 0.392 e. The van der Waals surface area contributed by atoms with E-state index in [4.69, 9.17) is 0 Å². The maximum atomic E-state index is 10.6. The van der Waals surface area contributed by atoms with Crippen LogP contribution in [0.15, 0.2) is 0 Å². The van der Waals surface area contributed by atoms with Crippen LogP contribution >= 0.6 is 0 Å². The molecule has 0 rings (SSSR count). The quantitative estimate of drug-likeness (QED) is 0.142. The van der Waals surface area contributed by atoms with Crippen molar-refractivity contribution in [2.75, 3.05) is 19.6 Å². The molecule has 0 aromatic carbocycles. The number of nitrogens with zero attached hydrogens (tertiary/aromatic N) is 1. The Morgan fingerprint density at radius 3 is 1.16 bits per heavy atom. The number of unbranched alkanes of at least 4 members (excludes halogenated alkanes) is 15. The molecule has 0 aliphatic heterocycles. The Morgan fingerprint density at radius 1 is 0.452 bits per heavy atom. The molecule has 2 atom stereocenters. The molecular weight excluding hydrogens is 382 g/mol. The molecular formula is C28H59NO2. The minimum Gasteiger partial charge on any atom is -0.392 e. The summed E-state index contributed by atoms with van der Waals surface area (Å²) in [5.74, 6) is 0. The van der Waals surface area contributed by atoms with Crippen LogP contribution < -0.4 is 0 Å². The summed E-state index contributed by atoms with van der Waals surface area (Å²) in [4.78, 5) is 2.35. The van der Waals surface area contributed by atoms with E-state index < -0.39 is 0 Å². The second-order valence-corrected chi connectivity index (χ2v) is 9.95. The number of hydrogen-bond donors (Lipinski definition) is 2. The highest BCUT2D eigenvalue weighted by atomic mass is 16.3. The Labute approximate surface area is 196 Å². The lowest BCUT2D eigenvalue weighted by Gasteiger charge is -2.27. The Hall–Kier alpha value is -0.120. The molecule has 3 nitrogen and oxygen atoms in total. The number of rotatable bonds is 25. The van der Waals surface area contributed by atoms with E-state index in [1.807, 2.05) is 0 Å².